The summed E-state index contributed by atoms with van der Waals surface area (Å²) in [4.78, 5) is 10.2. The predicted octanol–water partition coefficient (Wildman–Crippen LogP) is 10.5. The number of nitrogens with zero attached hydrogens (tertiary/aromatic N) is 3. The molecule has 3 aromatic heterocycles. The Hall–Kier alpha value is -5.74. The number of furan rings is 1. The molecule has 4 heteroatoms. The molecule has 0 saturated heterocycles. The van der Waals surface area contributed by atoms with Crippen LogP contribution in [0, 0.1) is 0 Å². The van der Waals surface area contributed by atoms with Gasteiger partial charge in [-0.25, -0.2) is 9.97 Å². The van der Waals surface area contributed by atoms with E-state index >= 15 is 0 Å². The quantitative estimate of drug-likeness (QED) is 0.199. The summed E-state index contributed by atoms with van der Waals surface area (Å²) in [7, 11) is 0. The molecular formula is C40H27N3O. The lowest BCUT2D eigenvalue weighted by atomic mass is 9.89. The van der Waals surface area contributed by atoms with Gasteiger partial charge in [-0.15, -0.1) is 0 Å². The molecule has 9 rings (SSSR count). The van der Waals surface area contributed by atoms with E-state index in [1.807, 2.05) is 12.1 Å². The van der Waals surface area contributed by atoms with Crippen LogP contribution in [-0.2, 0) is 6.42 Å². The van der Waals surface area contributed by atoms with Gasteiger partial charge in [0.2, 0.25) is 0 Å². The van der Waals surface area contributed by atoms with Crippen LogP contribution in [0.15, 0.2) is 138 Å². The number of para-hydroxylation sites is 4. The van der Waals surface area contributed by atoms with Crippen LogP contribution < -0.4 is 0 Å². The highest BCUT2D eigenvalue weighted by Gasteiger charge is 2.22. The van der Waals surface area contributed by atoms with Crippen molar-refractivity contribution in [3.05, 3.63) is 139 Å². The Balaban J connectivity index is 1.46. The van der Waals surface area contributed by atoms with E-state index in [-0.39, 0.29) is 0 Å². The van der Waals surface area contributed by atoms with Crippen LogP contribution in [0.3, 0.4) is 0 Å². The summed E-state index contributed by atoms with van der Waals surface area (Å²) >= 11 is 0. The van der Waals surface area contributed by atoms with Gasteiger partial charge in [0, 0.05) is 50.2 Å². The average Bonchev–Trinajstić information content (AvgIpc) is 3.65. The van der Waals surface area contributed by atoms with Crippen LogP contribution in [0.2, 0.25) is 0 Å². The van der Waals surface area contributed by atoms with Gasteiger partial charge in [0.25, 0.3) is 0 Å². The molecule has 0 saturated carbocycles. The van der Waals surface area contributed by atoms with Gasteiger partial charge < -0.3 is 4.42 Å². The molecule has 0 aliphatic carbocycles. The van der Waals surface area contributed by atoms with Gasteiger partial charge in [-0.1, -0.05) is 97.9 Å². The number of aryl methyl sites for hydroxylation is 1. The fourth-order valence-electron chi connectivity index (χ4n) is 6.82. The molecule has 0 aliphatic rings. The molecule has 208 valence electrons. The van der Waals surface area contributed by atoms with E-state index in [4.69, 9.17) is 14.4 Å². The van der Waals surface area contributed by atoms with Crippen molar-refractivity contribution in [2.45, 2.75) is 13.3 Å². The zero-order valence-corrected chi connectivity index (χ0v) is 24.2. The zero-order valence-electron chi connectivity index (χ0n) is 24.2. The number of rotatable bonds is 4. The minimum atomic E-state index is 0.834. The minimum Gasteiger partial charge on any atom is -0.456 e. The first-order chi connectivity index (χ1) is 21.8. The van der Waals surface area contributed by atoms with Crippen molar-refractivity contribution in [1.29, 1.82) is 0 Å². The van der Waals surface area contributed by atoms with Crippen LogP contribution >= 0.6 is 0 Å². The number of hydrogen-bond acceptors (Lipinski definition) is 3. The maximum Gasteiger partial charge on any atom is 0.136 e. The predicted molar refractivity (Wildman–Crippen MR) is 181 cm³/mol. The lowest BCUT2D eigenvalue weighted by molar-refractivity contribution is 0.669. The van der Waals surface area contributed by atoms with E-state index in [9.17, 15) is 0 Å². The average molecular weight is 566 g/mol. The molecule has 6 aromatic carbocycles. The molecule has 0 N–H and O–H groups in total. The molecule has 0 radical (unpaired) electrons. The Morgan fingerprint density at radius 3 is 2.16 bits per heavy atom. The van der Waals surface area contributed by atoms with E-state index in [2.05, 4.69) is 133 Å². The molecule has 0 unspecified atom stereocenters. The summed E-state index contributed by atoms with van der Waals surface area (Å²) in [6.45, 7) is 2.16. The summed E-state index contributed by atoms with van der Waals surface area (Å²) in [5, 5.41) is 5.60. The van der Waals surface area contributed by atoms with Gasteiger partial charge in [0.05, 0.1) is 22.2 Å². The summed E-state index contributed by atoms with van der Waals surface area (Å²) in [6, 6.07) is 46.7. The van der Waals surface area contributed by atoms with Crippen LogP contribution in [0.25, 0.3) is 82.7 Å². The molecular weight excluding hydrogens is 538 g/mol. The van der Waals surface area contributed by atoms with Gasteiger partial charge in [0.15, 0.2) is 0 Å². The number of aromatic nitrogens is 3. The highest BCUT2D eigenvalue weighted by molar-refractivity contribution is 6.27. The third kappa shape index (κ3) is 3.64. The molecule has 3 heterocycles. The second-order valence-electron chi connectivity index (χ2n) is 11.2. The van der Waals surface area contributed by atoms with Gasteiger partial charge in [0.1, 0.15) is 17.0 Å². The van der Waals surface area contributed by atoms with Crippen LogP contribution in [-0.4, -0.2) is 14.5 Å². The van der Waals surface area contributed by atoms with Crippen molar-refractivity contribution in [3.63, 3.8) is 0 Å². The summed E-state index contributed by atoms with van der Waals surface area (Å²) in [5.74, 6) is 1.04. The van der Waals surface area contributed by atoms with Crippen molar-refractivity contribution < 1.29 is 4.42 Å². The Morgan fingerprint density at radius 2 is 1.30 bits per heavy atom. The Kier molecular flexibility index (Phi) is 5.44. The maximum absolute atomic E-state index is 6.58. The van der Waals surface area contributed by atoms with Gasteiger partial charge >= 0.3 is 0 Å². The fourth-order valence-corrected chi connectivity index (χ4v) is 6.82. The second-order valence-corrected chi connectivity index (χ2v) is 11.2. The Labute approximate surface area is 253 Å². The molecule has 0 amide bonds. The third-order valence-corrected chi connectivity index (χ3v) is 8.71. The second kappa shape index (κ2) is 9.65. The first-order valence-corrected chi connectivity index (χ1v) is 15.1. The zero-order chi connectivity index (χ0) is 29.2. The topological polar surface area (TPSA) is 43.9 Å². The van der Waals surface area contributed by atoms with Gasteiger partial charge in [-0.05, 0) is 48.0 Å². The van der Waals surface area contributed by atoms with Crippen LogP contribution in [0.5, 0.6) is 0 Å². The maximum atomic E-state index is 6.58. The Bertz CT molecular complexity index is 2540. The SMILES string of the molecule is CCc1nc2ccccc2n1-c1cccc(-c2c3c(cc4c(-c5ccccc5)nc5ccccc5c24)oc2ccccc23)c1. The van der Waals surface area contributed by atoms with Gasteiger partial charge in [-0.2, -0.15) is 0 Å². The van der Waals surface area contributed by atoms with Gasteiger partial charge in [-0.3, -0.25) is 4.57 Å². The van der Waals surface area contributed by atoms with E-state index < -0.39 is 0 Å². The number of fused-ring (bicyclic) bond motifs is 7. The Morgan fingerprint density at radius 1 is 0.568 bits per heavy atom. The largest absolute Gasteiger partial charge is 0.456 e. The van der Waals surface area contributed by atoms with E-state index in [0.29, 0.717) is 0 Å². The smallest absolute Gasteiger partial charge is 0.136 e. The summed E-state index contributed by atoms with van der Waals surface area (Å²) in [5.41, 5.74) is 10.2. The first kappa shape index (κ1) is 24.8. The molecule has 0 aliphatic heterocycles. The highest BCUT2D eigenvalue weighted by atomic mass is 16.3. The fraction of sp³-hybridized carbons (Fsp3) is 0.0500. The third-order valence-electron chi connectivity index (χ3n) is 8.71. The molecule has 44 heavy (non-hydrogen) atoms. The van der Waals surface area contributed by atoms with E-state index in [1.165, 1.54) is 5.39 Å². The molecule has 0 spiro atoms. The van der Waals surface area contributed by atoms with E-state index in [0.717, 1.165) is 89.6 Å². The highest BCUT2D eigenvalue weighted by Crippen LogP contribution is 2.46. The van der Waals surface area contributed by atoms with Crippen molar-refractivity contribution in [2.75, 3.05) is 0 Å². The summed E-state index contributed by atoms with van der Waals surface area (Å²) in [6.07, 6.45) is 0.834. The van der Waals surface area contributed by atoms with E-state index in [1.54, 1.807) is 0 Å². The monoisotopic (exact) mass is 565 g/mol. The number of hydrogen-bond donors (Lipinski definition) is 0. The van der Waals surface area contributed by atoms with Crippen molar-refractivity contribution >= 4 is 54.6 Å². The number of imidazole rings is 1. The summed E-state index contributed by atoms with van der Waals surface area (Å²) < 4.78 is 8.87. The molecule has 0 fully saturated rings. The molecule has 4 nitrogen and oxygen atoms in total. The number of pyridine rings is 1. The lowest BCUT2D eigenvalue weighted by Gasteiger charge is -2.17. The normalized spacial score (nSPS) is 11.8. The number of benzene rings is 6. The standard InChI is InChI=1S/C40H27N3O/c1-2-36-41-32-20-9-10-21-33(32)43(36)27-16-12-15-26(23-27)37-38-28-17-6-8-19-31(28)42-40(25-13-4-3-5-14-25)30(38)24-35-39(37)29-18-7-11-22-34(29)44-35/h3-24H,2H2,1H3. The first-order valence-electron chi connectivity index (χ1n) is 15.1. The molecule has 9 aromatic rings. The molecule has 0 atom stereocenters. The molecule has 0 bridgehead atoms. The lowest BCUT2D eigenvalue weighted by Crippen LogP contribution is -2.00. The van der Waals surface area contributed by atoms with Crippen molar-refractivity contribution in [1.82, 2.24) is 14.5 Å². The van der Waals surface area contributed by atoms with Crippen molar-refractivity contribution in [2.24, 2.45) is 0 Å². The van der Waals surface area contributed by atoms with Crippen LogP contribution in [0.4, 0.5) is 0 Å². The van der Waals surface area contributed by atoms with Crippen molar-refractivity contribution in [3.8, 4) is 28.1 Å². The minimum absolute atomic E-state index is 0.834. The van der Waals surface area contributed by atoms with Crippen LogP contribution in [0.1, 0.15) is 12.7 Å².